The average Bonchev–Trinajstić information content (AvgIpc) is 3.30. The van der Waals surface area contributed by atoms with Gasteiger partial charge in [-0.15, -0.1) is 24.0 Å². The molecule has 0 saturated heterocycles. The largest absolute Gasteiger partial charge is 0.377 e. The lowest BCUT2D eigenvalue weighted by molar-refractivity contribution is 0.177. The Morgan fingerprint density at radius 3 is 2.93 bits per heavy atom. The summed E-state index contributed by atoms with van der Waals surface area (Å²) in [6.45, 7) is 1.18. The first kappa shape index (κ1) is 21.0. The van der Waals surface area contributed by atoms with E-state index in [0.29, 0.717) is 6.61 Å². The zero-order valence-electron chi connectivity index (χ0n) is 16.1. The van der Waals surface area contributed by atoms with Crippen LogP contribution in [0.3, 0.4) is 0 Å². The van der Waals surface area contributed by atoms with Crippen LogP contribution in [0.4, 0.5) is 4.39 Å². The van der Waals surface area contributed by atoms with Crippen molar-refractivity contribution >= 4 is 29.9 Å². The number of guanidine groups is 1. The number of aromatic nitrogens is 3. The van der Waals surface area contributed by atoms with Crippen LogP contribution in [0.25, 0.3) is 0 Å². The first-order chi connectivity index (χ1) is 13.2. The maximum Gasteiger partial charge on any atom is 0.191 e. The van der Waals surface area contributed by atoms with Crippen LogP contribution in [0.15, 0.2) is 29.3 Å². The molecule has 2 heterocycles. The number of nitrogens with zero attached hydrogens (tertiary/aromatic N) is 4. The van der Waals surface area contributed by atoms with Crippen LogP contribution in [0.2, 0.25) is 0 Å². The molecule has 1 aliphatic carbocycles. The van der Waals surface area contributed by atoms with Gasteiger partial charge in [0.05, 0.1) is 6.54 Å². The second-order valence-corrected chi connectivity index (χ2v) is 7.13. The highest BCUT2D eigenvalue weighted by Gasteiger charge is 2.40. The summed E-state index contributed by atoms with van der Waals surface area (Å²) in [5.41, 5.74) is 0.779. The molecule has 7 nitrogen and oxygen atoms in total. The van der Waals surface area contributed by atoms with E-state index in [4.69, 9.17) is 4.74 Å². The van der Waals surface area contributed by atoms with E-state index in [2.05, 4.69) is 25.7 Å². The predicted octanol–water partition coefficient (Wildman–Crippen LogP) is 2.22. The fourth-order valence-electron chi connectivity index (χ4n) is 3.68. The van der Waals surface area contributed by atoms with E-state index in [0.717, 1.165) is 49.0 Å². The Kier molecular flexibility index (Phi) is 6.86. The quantitative estimate of drug-likeness (QED) is 0.374. The van der Waals surface area contributed by atoms with E-state index < -0.39 is 0 Å². The number of hydrogen-bond donors (Lipinski definition) is 2. The minimum absolute atomic E-state index is 0. The van der Waals surface area contributed by atoms with Gasteiger partial charge in [-0.3, -0.25) is 4.99 Å². The molecular formula is C19H26FIN6O. The van der Waals surface area contributed by atoms with Gasteiger partial charge in [-0.25, -0.2) is 14.1 Å². The molecule has 3 unspecified atom stereocenters. The maximum absolute atomic E-state index is 13.9. The van der Waals surface area contributed by atoms with E-state index in [1.54, 1.807) is 20.2 Å². The third kappa shape index (κ3) is 4.62. The van der Waals surface area contributed by atoms with Crippen molar-refractivity contribution < 1.29 is 9.13 Å². The second kappa shape index (κ2) is 9.17. The number of halogens is 2. The van der Waals surface area contributed by atoms with E-state index in [1.165, 1.54) is 6.07 Å². The smallest absolute Gasteiger partial charge is 0.191 e. The highest BCUT2D eigenvalue weighted by atomic mass is 127. The van der Waals surface area contributed by atoms with Crippen LogP contribution in [0, 0.1) is 5.82 Å². The van der Waals surface area contributed by atoms with Gasteiger partial charge in [0.25, 0.3) is 0 Å². The Morgan fingerprint density at radius 2 is 2.18 bits per heavy atom. The van der Waals surface area contributed by atoms with Crippen LogP contribution in [0.1, 0.15) is 36.0 Å². The van der Waals surface area contributed by atoms with Gasteiger partial charge in [0.15, 0.2) is 11.8 Å². The van der Waals surface area contributed by atoms with Crippen molar-refractivity contribution in [2.24, 2.45) is 4.99 Å². The Bertz CT molecular complexity index is 842. The second-order valence-electron chi connectivity index (χ2n) is 7.13. The zero-order chi connectivity index (χ0) is 18.8. The molecule has 4 rings (SSSR count). The highest BCUT2D eigenvalue weighted by Crippen LogP contribution is 2.41. The van der Waals surface area contributed by atoms with Gasteiger partial charge >= 0.3 is 0 Å². The van der Waals surface area contributed by atoms with Crippen LogP contribution >= 0.6 is 24.0 Å². The molecule has 2 N–H and O–H groups in total. The number of hydrogen-bond acceptors (Lipinski definition) is 4. The third-order valence-electron chi connectivity index (χ3n) is 5.16. The molecule has 1 aromatic heterocycles. The fourth-order valence-corrected chi connectivity index (χ4v) is 3.68. The Morgan fingerprint density at radius 1 is 1.36 bits per heavy atom. The number of ether oxygens (including phenoxy) is 1. The normalized spacial score (nSPS) is 23.5. The van der Waals surface area contributed by atoms with Crippen LogP contribution < -0.4 is 10.6 Å². The minimum Gasteiger partial charge on any atom is -0.377 e. The number of aryl methyl sites for hydroxylation is 1. The highest BCUT2D eigenvalue weighted by molar-refractivity contribution is 14.0. The molecule has 1 aliphatic heterocycles. The topological polar surface area (TPSA) is 76.4 Å². The lowest BCUT2D eigenvalue weighted by atomic mass is 10.1. The number of rotatable bonds is 5. The maximum atomic E-state index is 13.9. The van der Waals surface area contributed by atoms with Crippen molar-refractivity contribution in [2.75, 3.05) is 14.2 Å². The van der Waals surface area contributed by atoms with Gasteiger partial charge in [-0.2, -0.15) is 5.10 Å². The van der Waals surface area contributed by atoms with E-state index in [1.807, 2.05) is 16.8 Å². The van der Waals surface area contributed by atoms with Crippen molar-refractivity contribution in [3.63, 3.8) is 0 Å². The molecule has 1 aromatic carbocycles. The Labute approximate surface area is 181 Å². The summed E-state index contributed by atoms with van der Waals surface area (Å²) in [5.74, 6) is 2.55. The lowest BCUT2D eigenvalue weighted by Crippen LogP contribution is -2.47. The molecule has 1 fully saturated rings. The molecule has 0 radical (unpaired) electrons. The Hall–Kier alpha value is -1.75. The van der Waals surface area contributed by atoms with Gasteiger partial charge in [0, 0.05) is 38.6 Å². The van der Waals surface area contributed by atoms with Gasteiger partial charge in [-0.05, 0) is 24.5 Å². The molecule has 9 heteroatoms. The predicted molar refractivity (Wildman–Crippen MR) is 115 cm³/mol. The van der Waals surface area contributed by atoms with E-state index in [-0.39, 0.29) is 47.8 Å². The standard InChI is InChI=1S/C19H25FN6O.HI/c1-21-19(23-16-9-14(16)13-5-3-4-6-15(13)20)22-12-7-8-18-24-17(11-27-2)25-26(18)10-12;/h3-6,12,14,16H,7-11H2,1-2H3,(H2,21,22,23);1H. The molecule has 0 bridgehead atoms. The van der Waals surface area contributed by atoms with Crippen molar-refractivity contribution in [1.29, 1.82) is 0 Å². The third-order valence-corrected chi connectivity index (χ3v) is 5.16. The zero-order valence-corrected chi connectivity index (χ0v) is 18.4. The lowest BCUT2D eigenvalue weighted by Gasteiger charge is -2.25. The van der Waals surface area contributed by atoms with Crippen LogP contribution in [0.5, 0.6) is 0 Å². The number of benzene rings is 1. The van der Waals surface area contributed by atoms with Crippen LogP contribution in [-0.4, -0.2) is 47.0 Å². The summed E-state index contributed by atoms with van der Waals surface area (Å²) in [6, 6.07) is 7.44. The molecule has 152 valence electrons. The van der Waals surface area contributed by atoms with Crippen molar-refractivity contribution in [3.05, 3.63) is 47.3 Å². The van der Waals surface area contributed by atoms with E-state index >= 15 is 0 Å². The first-order valence-electron chi connectivity index (χ1n) is 9.33. The fraction of sp³-hybridized carbons (Fsp3) is 0.526. The molecular weight excluding hydrogens is 474 g/mol. The summed E-state index contributed by atoms with van der Waals surface area (Å²) in [7, 11) is 3.41. The summed E-state index contributed by atoms with van der Waals surface area (Å²) >= 11 is 0. The molecule has 3 atom stereocenters. The summed E-state index contributed by atoms with van der Waals surface area (Å²) in [6.07, 6.45) is 2.75. The van der Waals surface area contributed by atoms with Gasteiger partial charge in [-0.1, -0.05) is 18.2 Å². The minimum atomic E-state index is -0.132. The molecule has 0 spiro atoms. The van der Waals surface area contributed by atoms with Crippen molar-refractivity contribution in [1.82, 2.24) is 25.4 Å². The molecule has 28 heavy (non-hydrogen) atoms. The molecule has 2 aliphatic rings. The summed E-state index contributed by atoms with van der Waals surface area (Å²) in [5, 5.41) is 11.4. The number of methoxy groups -OCH3 is 1. The summed E-state index contributed by atoms with van der Waals surface area (Å²) < 4.78 is 21.0. The number of nitrogens with one attached hydrogen (secondary N) is 2. The van der Waals surface area contributed by atoms with Crippen LogP contribution in [-0.2, 0) is 24.3 Å². The monoisotopic (exact) mass is 500 g/mol. The average molecular weight is 500 g/mol. The Balaban J connectivity index is 0.00000225. The van der Waals surface area contributed by atoms with E-state index in [9.17, 15) is 4.39 Å². The first-order valence-corrected chi connectivity index (χ1v) is 9.33. The number of fused-ring (bicyclic) bond motifs is 1. The van der Waals surface area contributed by atoms with Gasteiger partial charge < -0.3 is 15.4 Å². The summed E-state index contributed by atoms with van der Waals surface area (Å²) in [4.78, 5) is 8.84. The molecule has 2 aromatic rings. The van der Waals surface area contributed by atoms with Gasteiger partial charge in [0.2, 0.25) is 0 Å². The van der Waals surface area contributed by atoms with Crippen molar-refractivity contribution in [2.45, 2.75) is 50.4 Å². The molecule has 1 saturated carbocycles. The van der Waals surface area contributed by atoms with Crippen molar-refractivity contribution in [3.8, 4) is 0 Å². The van der Waals surface area contributed by atoms with Gasteiger partial charge in [0.1, 0.15) is 18.2 Å². The molecule has 0 amide bonds. The number of aliphatic imine (C=N–C) groups is 1. The SMILES string of the molecule is CN=C(NC1CCc2nc(COC)nn2C1)NC1CC1c1ccccc1F.I.